The molecule has 0 spiro atoms. The largest absolute Gasteiger partial charge is 0.328 e. The average molecular weight is 305 g/mol. The predicted octanol–water partition coefficient (Wildman–Crippen LogP) is 1.94. The van der Waals surface area contributed by atoms with Crippen molar-refractivity contribution in [1.82, 2.24) is 8.61 Å². The fourth-order valence-electron chi connectivity index (χ4n) is 2.99. The Morgan fingerprint density at radius 1 is 1.00 bits per heavy atom. The third kappa shape index (κ3) is 4.41. The second-order valence-electron chi connectivity index (χ2n) is 5.68. The minimum atomic E-state index is -3.33. The number of nitrogens with two attached hydrogens (primary N) is 1. The first-order valence-corrected chi connectivity index (χ1v) is 9.39. The van der Waals surface area contributed by atoms with Gasteiger partial charge >= 0.3 is 0 Å². The Kier molecular flexibility index (Phi) is 7.43. The second-order valence-corrected chi connectivity index (χ2v) is 7.56. The van der Waals surface area contributed by atoms with Crippen molar-refractivity contribution >= 4 is 10.2 Å². The summed E-state index contributed by atoms with van der Waals surface area (Å²) in [5.41, 5.74) is 5.92. The van der Waals surface area contributed by atoms with Gasteiger partial charge in [0, 0.05) is 31.7 Å². The maximum Gasteiger partial charge on any atom is 0.282 e. The molecule has 0 radical (unpaired) electrons. The van der Waals surface area contributed by atoms with Crippen molar-refractivity contribution in [2.24, 2.45) is 5.73 Å². The minimum absolute atomic E-state index is 0.126. The van der Waals surface area contributed by atoms with Gasteiger partial charge in [-0.05, 0) is 38.5 Å². The zero-order valence-electron chi connectivity index (χ0n) is 13.2. The topological polar surface area (TPSA) is 66.6 Å². The van der Waals surface area contributed by atoms with E-state index in [9.17, 15) is 8.42 Å². The maximum absolute atomic E-state index is 12.8. The van der Waals surface area contributed by atoms with Crippen molar-refractivity contribution in [3.05, 3.63) is 0 Å². The molecule has 120 valence electrons. The van der Waals surface area contributed by atoms with Gasteiger partial charge in [-0.25, -0.2) is 0 Å². The van der Waals surface area contributed by atoms with Gasteiger partial charge in [0.2, 0.25) is 0 Å². The molecular formula is C14H31N3O2S. The van der Waals surface area contributed by atoms with Crippen LogP contribution in [0.3, 0.4) is 0 Å². The normalized spacial score (nSPS) is 24.5. The molecule has 0 aliphatic heterocycles. The Labute approximate surface area is 124 Å². The van der Waals surface area contributed by atoms with Crippen LogP contribution >= 0.6 is 0 Å². The molecule has 1 aliphatic carbocycles. The highest BCUT2D eigenvalue weighted by Crippen LogP contribution is 2.25. The molecule has 1 fully saturated rings. The molecule has 0 saturated heterocycles. The van der Waals surface area contributed by atoms with Gasteiger partial charge in [0.1, 0.15) is 0 Å². The molecule has 2 N–H and O–H groups in total. The smallest absolute Gasteiger partial charge is 0.282 e. The predicted molar refractivity (Wildman–Crippen MR) is 83.7 cm³/mol. The van der Waals surface area contributed by atoms with Crippen molar-refractivity contribution in [2.75, 3.05) is 19.6 Å². The fourth-order valence-corrected chi connectivity index (χ4v) is 5.03. The Bertz CT molecular complexity index is 359. The van der Waals surface area contributed by atoms with Crippen LogP contribution < -0.4 is 5.73 Å². The van der Waals surface area contributed by atoms with Gasteiger partial charge < -0.3 is 5.73 Å². The summed E-state index contributed by atoms with van der Waals surface area (Å²) >= 11 is 0. The van der Waals surface area contributed by atoms with Crippen LogP contribution in [0.2, 0.25) is 0 Å². The van der Waals surface area contributed by atoms with Crippen LogP contribution in [0.15, 0.2) is 0 Å². The van der Waals surface area contributed by atoms with E-state index in [4.69, 9.17) is 5.73 Å². The molecule has 0 unspecified atom stereocenters. The van der Waals surface area contributed by atoms with Crippen molar-refractivity contribution in [2.45, 2.75) is 71.4 Å². The first-order valence-electron chi connectivity index (χ1n) is 7.99. The zero-order valence-corrected chi connectivity index (χ0v) is 14.0. The summed E-state index contributed by atoms with van der Waals surface area (Å²) in [7, 11) is -3.33. The summed E-state index contributed by atoms with van der Waals surface area (Å²) < 4.78 is 29.0. The summed E-state index contributed by atoms with van der Waals surface area (Å²) in [6.07, 6.45) is 5.34. The van der Waals surface area contributed by atoms with E-state index in [2.05, 4.69) is 0 Å². The van der Waals surface area contributed by atoms with Crippen molar-refractivity contribution < 1.29 is 8.42 Å². The highest BCUT2D eigenvalue weighted by Gasteiger charge is 2.34. The van der Waals surface area contributed by atoms with Gasteiger partial charge in [0.25, 0.3) is 10.2 Å². The van der Waals surface area contributed by atoms with Crippen LogP contribution in [-0.4, -0.2) is 48.7 Å². The average Bonchev–Trinajstić information content (AvgIpc) is 2.41. The maximum atomic E-state index is 12.8. The van der Waals surface area contributed by atoms with Crippen LogP contribution in [0.1, 0.15) is 59.3 Å². The quantitative estimate of drug-likeness (QED) is 0.745. The van der Waals surface area contributed by atoms with E-state index in [1.165, 1.54) is 0 Å². The highest BCUT2D eigenvalue weighted by atomic mass is 32.2. The first-order chi connectivity index (χ1) is 9.47. The van der Waals surface area contributed by atoms with Crippen LogP contribution in [-0.2, 0) is 10.2 Å². The molecule has 0 atom stereocenters. The summed E-state index contributed by atoms with van der Waals surface area (Å²) in [5, 5.41) is 0. The Hall–Kier alpha value is -0.170. The lowest BCUT2D eigenvalue weighted by Gasteiger charge is -2.37. The van der Waals surface area contributed by atoms with E-state index < -0.39 is 10.2 Å². The number of hydrogen-bond donors (Lipinski definition) is 1. The highest BCUT2D eigenvalue weighted by molar-refractivity contribution is 7.86. The molecule has 0 amide bonds. The molecule has 0 aromatic heterocycles. The summed E-state index contributed by atoms with van der Waals surface area (Å²) in [6, 6.07) is 0.371. The number of hydrogen-bond acceptors (Lipinski definition) is 3. The molecule has 0 aromatic carbocycles. The molecular weight excluding hydrogens is 274 g/mol. The third-order valence-electron chi connectivity index (χ3n) is 4.03. The lowest BCUT2D eigenvalue weighted by atomic mass is 9.92. The third-order valence-corrected chi connectivity index (χ3v) is 6.20. The van der Waals surface area contributed by atoms with Crippen LogP contribution in [0.25, 0.3) is 0 Å². The molecule has 1 saturated carbocycles. The Balaban J connectivity index is 2.84. The van der Waals surface area contributed by atoms with Crippen LogP contribution in [0.4, 0.5) is 0 Å². The first kappa shape index (κ1) is 17.9. The van der Waals surface area contributed by atoms with E-state index in [1.54, 1.807) is 8.61 Å². The van der Waals surface area contributed by atoms with Gasteiger partial charge in [-0.3, -0.25) is 0 Å². The monoisotopic (exact) mass is 305 g/mol. The number of rotatable bonds is 8. The molecule has 0 bridgehead atoms. The lowest BCUT2D eigenvalue weighted by Crippen LogP contribution is -2.50. The Morgan fingerprint density at radius 3 is 1.90 bits per heavy atom. The van der Waals surface area contributed by atoms with Gasteiger partial charge in [-0.1, -0.05) is 20.8 Å². The van der Waals surface area contributed by atoms with E-state index in [-0.39, 0.29) is 12.1 Å². The van der Waals surface area contributed by atoms with Gasteiger partial charge in [-0.2, -0.15) is 17.0 Å². The fraction of sp³-hybridized carbons (Fsp3) is 1.00. The van der Waals surface area contributed by atoms with Crippen LogP contribution in [0.5, 0.6) is 0 Å². The molecule has 20 heavy (non-hydrogen) atoms. The molecule has 5 nitrogen and oxygen atoms in total. The summed E-state index contributed by atoms with van der Waals surface area (Å²) in [4.78, 5) is 0. The van der Waals surface area contributed by atoms with Gasteiger partial charge in [-0.15, -0.1) is 0 Å². The molecule has 0 heterocycles. The Morgan fingerprint density at radius 2 is 1.50 bits per heavy atom. The summed E-state index contributed by atoms with van der Waals surface area (Å²) in [5.74, 6) is 0. The van der Waals surface area contributed by atoms with Crippen LogP contribution in [0, 0.1) is 0 Å². The zero-order chi connectivity index (χ0) is 15.2. The van der Waals surface area contributed by atoms with Gasteiger partial charge in [0.15, 0.2) is 0 Å². The van der Waals surface area contributed by atoms with Crippen molar-refractivity contribution in [3.63, 3.8) is 0 Å². The van der Waals surface area contributed by atoms with Crippen molar-refractivity contribution in [3.8, 4) is 0 Å². The molecule has 1 aliphatic rings. The number of nitrogens with zero attached hydrogens (tertiary/aromatic N) is 2. The van der Waals surface area contributed by atoms with E-state index in [0.29, 0.717) is 19.6 Å². The second kappa shape index (κ2) is 8.32. The molecule has 0 aromatic rings. The van der Waals surface area contributed by atoms with Crippen molar-refractivity contribution in [1.29, 1.82) is 0 Å². The van der Waals surface area contributed by atoms with Gasteiger partial charge in [0.05, 0.1) is 0 Å². The van der Waals surface area contributed by atoms with E-state index >= 15 is 0 Å². The minimum Gasteiger partial charge on any atom is -0.328 e. The molecule has 1 rings (SSSR count). The molecule has 6 heteroatoms. The van der Waals surface area contributed by atoms with E-state index in [1.807, 2.05) is 20.8 Å². The SMILES string of the molecule is CCCN(CCC)S(=O)(=O)N(CC)C1CCC(N)CC1. The standard InChI is InChI=1S/C14H31N3O2S/c1-4-11-16(12-5-2)20(18,19)17(6-3)14-9-7-13(15)8-10-14/h13-14H,4-12,15H2,1-3H3. The van der Waals surface area contributed by atoms with E-state index in [0.717, 1.165) is 38.5 Å². The summed E-state index contributed by atoms with van der Waals surface area (Å²) in [6.45, 7) is 7.74. The lowest BCUT2D eigenvalue weighted by molar-refractivity contribution is 0.229.